The lowest BCUT2D eigenvalue weighted by molar-refractivity contribution is 0.104. The van der Waals surface area contributed by atoms with Gasteiger partial charge in [-0.3, -0.25) is 4.79 Å². The van der Waals surface area contributed by atoms with Crippen LogP contribution in [0.5, 0.6) is 0 Å². The highest BCUT2D eigenvalue weighted by atomic mass is 16.2. The SMILES string of the molecule is CCCNC(=O)Nc1cccc(C(=O)c2cn(C)c3ncnc(N)c23)c1. The summed E-state index contributed by atoms with van der Waals surface area (Å²) in [5.41, 5.74) is 7.94. The molecule has 26 heavy (non-hydrogen) atoms. The van der Waals surface area contributed by atoms with E-state index in [9.17, 15) is 9.59 Å². The predicted octanol–water partition coefficient (Wildman–Crippen LogP) is 2.31. The van der Waals surface area contributed by atoms with Crippen LogP contribution in [0.25, 0.3) is 11.0 Å². The van der Waals surface area contributed by atoms with Gasteiger partial charge in [0.2, 0.25) is 0 Å². The van der Waals surface area contributed by atoms with E-state index in [4.69, 9.17) is 5.73 Å². The second-order valence-electron chi connectivity index (χ2n) is 5.90. The summed E-state index contributed by atoms with van der Waals surface area (Å²) in [7, 11) is 1.79. The molecule has 0 aliphatic rings. The minimum absolute atomic E-state index is 0.213. The number of aryl methyl sites for hydroxylation is 1. The maximum absolute atomic E-state index is 13.0. The lowest BCUT2D eigenvalue weighted by atomic mass is 10.0. The van der Waals surface area contributed by atoms with Gasteiger partial charge in [0.1, 0.15) is 17.8 Å². The first-order valence-electron chi connectivity index (χ1n) is 8.26. The first-order chi connectivity index (χ1) is 12.5. The topological polar surface area (TPSA) is 115 Å². The summed E-state index contributed by atoms with van der Waals surface area (Å²) in [5, 5.41) is 5.97. The number of nitrogens with two attached hydrogens (primary N) is 1. The van der Waals surface area contributed by atoms with Crippen LogP contribution in [0.3, 0.4) is 0 Å². The molecule has 8 nitrogen and oxygen atoms in total. The minimum Gasteiger partial charge on any atom is -0.383 e. The molecule has 8 heteroatoms. The average molecular weight is 352 g/mol. The lowest BCUT2D eigenvalue weighted by Gasteiger charge is -2.08. The number of fused-ring (bicyclic) bond motifs is 1. The highest BCUT2D eigenvalue weighted by Crippen LogP contribution is 2.26. The molecule has 0 bridgehead atoms. The van der Waals surface area contributed by atoms with Crippen molar-refractivity contribution in [1.82, 2.24) is 19.9 Å². The number of hydrogen-bond acceptors (Lipinski definition) is 5. The van der Waals surface area contributed by atoms with Crippen molar-refractivity contribution in [3.63, 3.8) is 0 Å². The van der Waals surface area contributed by atoms with Crippen LogP contribution < -0.4 is 16.4 Å². The standard InChI is InChI=1S/C18H20N6O2/c1-3-7-20-18(26)23-12-6-4-5-11(8-12)15(25)13-9-24(2)17-14(13)16(19)21-10-22-17/h4-6,8-10H,3,7H2,1-2H3,(H2,19,21,22)(H2,20,23,26). The number of rotatable bonds is 5. The number of hydrogen-bond donors (Lipinski definition) is 3. The molecule has 1 aromatic carbocycles. The maximum atomic E-state index is 13.0. The predicted molar refractivity (Wildman–Crippen MR) is 100 cm³/mol. The fourth-order valence-corrected chi connectivity index (χ4v) is 2.71. The summed E-state index contributed by atoms with van der Waals surface area (Å²) in [6.07, 6.45) is 3.90. The van der Waals surface area contributed by atoms with E-state index < -0.39 is 0 Å². The molecule has 0 spiro atoms. The highest BCUT2D eigenvalue weighted by molar-refractivity contribution is 6.18. The van der Waals surface area contributed by atoms with Crippen molar-refractivity contribution in [2.24, 2.45) is 7.05 Å². The van der Waals surface area contributed by atoms with E-state index >= 15 is 0 Å². The summed E-state index contributed by atoms with van der Waals surface area (Å²) < 4.78 is 1.74. The van der Waals surface area contributed by atoms with E-state index in [0.717, 1.165) is 6.42 Å². The Hall–Kier alpha value is -3.42. The van der Waals surface area contributed by atoms with Gasteiger partial charge in [-0.05, 0) is 18.6 Å². The number of carbonyl (C=O) groups is 2. The summed E-state index contributed by atoms with van der Waals surface area (Å²) in [6.45, 7) is 2.55. The number of anilines is 2. The first-order valence-corrected chi connectivity index (χ1v) is 8.26. The third-order valence-electron chi connectivity index (χ3n) is 3.95. The van der Waals surface area contributed by atoms with Gasteiger partial charge in [0.15, 0.2) is 5.78 Å². The van der Waals surface area contributed by atoms with Crippen molar-refractivity contribution >= 4 is 34.4 Å². The van der Waals surface area contributed by atoms with Crippen molar-refractivity contribution in [2.75, 3.05) is 17.6 Å². The van der Waals surface area contributed by atoms with E-state index in [-0.39, 0.29) is 17.6 Å². The number of amides is 2. The molecule has 0 radical (unpaired) electrons. The van der Waals surface area contributed by atoms with Crippen LogP contribution in [0.15, 0.2) is 36.8 Å². The number of urea groups is 1. The number of nitrogens with one attached hydrogen (secondary N) is 2. The zero-order valence-electron chi connectivity index (χ0n) is 14.6. The highest BCUT2D eigenvalue weighted by Gasteiger charge is 2.19. The van der Waals surface area contributed by atoms with Gasteiger partial charge in [-0.2, -0.15) is 0 Å². The molecule has 0 fully saturated rings. The summed E-state index contributed by atoms with van der Waals surface area (Å²) in [6, 6.07) is 6.46. The van der Waals surface area contributed by atoms with Gasteiger partial charge >= 0.3 is 6.03 Å². The second kappa shape index (κ2) is 7.22. The van der Waals surface area contributed by atoms with Crippen molar-refractivity contribution in [1.29, 1.82) is 0 Å². The average Bonchev–Trinajstić information content (AvgIpc) is 2.98. The molecule has 0 atom stereocenters. The van der Waals surface area contributed by atoms with Crippen LogP contribution in [0.2, 0.25) is 0 Å². The zero-order chi connectivity index (χ0) is 18.7. The van der Waals surface area contributed by atoms with Crippen LogP contribution in [0.4, 0.5) is 16.3 Å². The van der Waals surface area contributed by atoms with Gasteiger partial charge in [0.25, 0.3) is 0 Å². The number of benzene rings is 1. The monoisotopic (exact) mass is 352 g/mol. The van der Waals surface area contributed by atoms with E-state index in [0.29, 0.717) is 34.4 Å². The normalized spacial score (nSPS) is 10.7. The molecule has 2 amide bonds. The molecule has 3 aromatic rings. The molecule has 134 valence electrons. The number of ketones is 1. The second-order valence-corrected chi connectivity index (χ2v) is 5.90. The number of nitrogen functional groups attached to an aromatic ring is 1. The van der Waals surface area contributed by atoms with Crippen molar-refractivity contribution in [3.05, 3.63) is 47.9 Å². The fraction of sp³-hybridized carbons (Fsp3) is 0.222. The molecule has 3 rings (SSSR count). The lowest BCUT2D eigenvalue weighted by Crippen LogP contribution is -2.29. The fourth-order valence-electron chi connectivity index (χ4n) is 2.71. The Kier molecular flexibility index (Phi) is 4.83. The molecule has 0 aliphatic heterocycles. The molecule has 0 saturated heterocycles. The minimum atomic E-state index is -0.306. The Bertz CT molecular complexity index is 979. The molecule has 0 saturated carbocycles. The third kappa shape index (κ3) is 3.34. The van der Waals surface area contributed by atoms with Crippen LogP contribution in [0.1, 0.15) is 29.3 Å². The summed E-state index contributed by atoms with van der Waals surface area (Å²) >= 11 is 0. The van der Waals surface area contributed by atoms with Crippen LogP contribution in [0, 0.1) is 0 Å². The van der Waals surface area contributed by atoms with Gasteiger partial charge in [0, 0.05) is 31.0 Å². The largest absolute Gasteiger partial charge is 0.383 e. The number of nitrogens with zero attached hydrogens (tertiary/aromatic N) is 3. The van der Waals surface area contributed by atoms with Crippen molar-refractivity contribution in [2.45, 2.75) is 13.3 Å². The first kappa shape index (κ1) is 17.4. The Labute approximate surface area is 150 Å². The van der Waals surface area contributed by atoms with Gasteiger partial charge in [0.05, 0.1) is 10.9 Å². The van der Waals surface area contributed by atoms with E-state index in [1.165, 1.54) is 6.33 Å². The molecule has 4 N–H and O–H groups in total. The van der Waals surface area contributed by atoms with Crippen LogP contribution >= 0.6 is 0 Å². The molecular formula is C18H20N6O2. The van der Waals surface area contributed by atoms with Crippen LogP contribution in [-0.4, -0.2) is 32.9 Å². The molecule has 2 heterocycles. The Morgan fingerprint density at radius 3 is 2.85 bits per heavy atom. The van der Waals surface area contributed by atoms with Gasteiger partial charge in [-0.15, -0.1) is 0 Å². The zero-order valence-corrected chi connectivity index (χ0v) is 14.6. The number of aromatic nitrogens is 3. The van der Waals surface area contributed by atoms with Crippen molar-refractivity contribution in [3.8, 4) is 0 Å². The van der Waals surface area contributed by atoms with Gasteiger partial charge in [-0.25, -0.2) is 14.8 Å². The smallest absolute Gasteiger partial charge is 0.319 e. The van der Waals surface area contributed by atoms with E-state index in [1.54, 1.807) is 42.1 Å². The van der Waals surface area contributed by atoms with E-state index in [2.05, 4.69) is 20.6 Å². The maximum Gasteiger partial charge on any atom is 0.319 e. The Balaban J connectivity index is 1.92. The summed E-state index contributed by atoms with van der Waals surface area (Å²) in [4.78, 5) is 32.9. The molecule has 2 aromatic heterocycles. The molecular weight excluding hydrogens is 332 g/mol. The Morgan fingerprint density at radius 1 is 1.27 bits per heavy atom. The van der Waals surface area contributed by atoms with E-state index in [1.807, 2.05) is 6.92 Å². The number of carbonyl (C=O) groups excluding carboxylic acids is 2. The Morgan fingerprint density at radius 2 is 2.08 bits per heavy atom. The quantitative estimate of drug-likeness (QED) is 0.610. The van der Waals surface area contributed by atoms with Crippen molar-refractivity contribution < 1.29 is 9.59 Å². The molecule has 0 aliphatic carbocycles. The van der Waals surface area contributed by atoms with Gasteiger partial charge in [-0.1, -0.05) is 19.1 Å². The summed E-state index contributed by atoms with van der Waals surface area (Å²) in [5.74, 6) is 0.0434. The third-order valence-corrected chi connectivity index (χ3v) is 3.95. The molecule has 0 unspecified atom stereocenters. The van der Waals surface area contributed by atoms with Crippen LogP contribution in [-0.2, 0) is 7.05 Å². The van der Waals surface area contributed by atoms with Gasteiger partial charge < -0.3 is 20.9 Å².